The van der Waals surface area contributed by atoms with Crippen LogP contribution in [0.1, 0.15) is 24.4 Å². The number of aromatic nitrogens is 2. The molecule has 0 bridgehead atoms. The van der Waals surface area contributed by atoms with Crippen molar-refractivity contribution in [3.63, 3.8) is 0 Å². The molecule has 0 fully saturated rings. The molecule has 2 heterocycles. The van der Waals surface area contributed by atoms with Crippen LogP contribution in [-0.4, -0.2) is 39.1 Å². The quantitative estimate of drug-likeness (QED) is 0.919. The highest BCUT2D eigenvalue weighted by Gasteiger charge is 2.26. The van der Waals surface area contributed by atoms with Crippen molar-refractivity contribution in [1.29, 1.82) is 5.26 Å². The standard InChI is InChI=1S/C12H15ClN4OS/c1-3-16(4-5-18)9(6-14)10-11(13)15-12-17(10)8(2)7-19-12/h7,9,18H,3-5H2,1-2H3. The zero-order valence-corrected chi connectivity index (χ0v) is 12.4. The molecule has 0 aliphatic rings. The molecular weight excluding hydrogens is 284 g/mol. The number of aliphatic hydroxyl groups excluding tert-OH is 1. The molecule has 5 nitrogen and oxygen atoms in total. The van der Waals surface area contributed by atoms with Crippen molar-refractivity contribution in [1.82, 2.24) is 14.3 Å². The summed E-state index contributed by atoms with van der Waals surface area (Å²) in [5, 5.41) is 20.9. The Labute approximate surface area is 120 Å². The number of fused-ring (bicyclic) bond motifs is 1. The van der Waals surface area contributed by atoms with Crippen LogP contribution in [0, 0.1) is 18.3 Å². The zero-order valence-electron chi connectivity index (χ0n) is 10.8. The second-order valence-electron chi connectivity index (χ2n) is 4.17. The summed E-state index contributed by atoms with van der Waals surface area (Å²) in [5.41, 5.74) is 1.70. The first-order chi connectivity index (χ1) is 9.13. The number of halogens is 1. The summed E-state index contributed by atoms with van der Waals surface area (Å²) in [6.45, 7) is 5.01. The topological polar surface area (TPSA) is 64.6 Å². The first kappa shape index (κ1) is 14.3. The van der Waals surface area contributed by atoms with E-state index in [0.717, 1.165) is 10.7 Å². The van der Waals surface area contributed by atoms with Gasteiger partial charge in [0.2, 0.25) is 0 Å². The second-order valence-corrected chi connectivity index (χ2v) is 5.36. The van der Waals surface area contributed by atoms with E-state index in [1.165, 1.54) is 11.3 Å². The molecule has 0 radical (unpaired) electrons. The molecule has 2 rings (SSSR count). The van der Waals surface area contributed by atoms with Gasteiger partial charge in [0.1, 0.15) is 6.04 Å². The summed E-state index contributed by atoms with van der Waals surface area (Å²) in [6.07, 6.45) is 0. The molecule has 19 heavy (non-hydrogen) atoms. The average molecular weight is 299 g/mol. The van der Waals surface area contributed by atoms with E-state index in [-0.39, 0.29) is 6.61 Å². The van der Waals surface area contributed by atoms with Crippen molar-refractivity contribution in [2.24, 2.45) is 0 Å². The van der Waals surface area contributed by atoms with Gasteiger partial charge in [0.05, 0.1) is 18.4 Å². The van der Waals surface area contributed by atoms with E-state index in [1.54, 1.807) is 0 Å². The van der Waals surface area contributed by atoms with Crippen LogP contribution in [-0.2, 0) is 0 Å². The minimum atomic E-state index is -0.507. The number of likely N-dealkylation sites (N-methyl/N-ethyl adjacent to an activating group) is 1. The Morgan fingerprint density at radius 1 is 1.68 bits per heavy atom. The molecule has 1 unspecified atom stereocenters. The molecule has 1 N–H and O–H groups in total. The molecule has 0 aliphatic carbocycles. The van der Waals surface area contributed by atoms with E-state index < -0.39 is 6.04 Å². The predicted molar refractivity (Wildman–Crippen MR) is 75.5 cm³/mol. The third-order valence-electron chi connectivity index (χ3n) is 3.06. The third-order valence-corrected chi connectivity index (χ3v) is 4.29. The van der Waals surface area contributed by atoms with Gasteiger partial charge in [-0.2, -0.15) is 5.26 Å². The number of aryl methyl sites for hydroxylation is 1. The molecule has 2 aromatic heterocycles. The van der Waals surface area contributed by atoms with Gasteiger partial charge in [-0.25, -0.2) is 4.98 Å². The minimum Gasteiger partial charge on any atom is -0.395 e. The maximum absolute atomic E-state index is 9.47. The van der Waals surface area contributed by atoms with Crippen LogP contribution in [0.25, 0.3) is 4.96 Å². The summed E-state index contributed by atoms with van der Waals surface area (Å²) in [7, 11) is 0. The van der Waals surface area contributed by atoms with Crippen LogP contribution in [0.5, 0.6) is 0 Å². The van der Waals surface area contributed by atoms with E-state index in [2.05, 4.69) is 11.1 Å². The molecule has 1 atom stereocenters. The van der Waals surface area contributed by atoms with E-state index >= 15 is 0 Å². The largest absolute Gasteiger partial charge is 0.395 e. The molecule has 0 saturated heterocycles. The first-order valence-corrected chi connectivity index (χ1v) is 7.26. The van der Waals surface area contributed by atoms with Crippen LogP contribution >= 0.6 is 22.9 Å². The Morgan fingerprint density at radius 2 is 2.42 bits per heavy atom. The molecule has 0 aliphatic heterocycles. The van der Waals surface area contributed by atoms with Crippen LogP contribution in [0.2, 0.25) is 5.15 Å². The molecule has 0 amide bonds. The van der Waals surface area contributed by atoms with Crippen molar-refractivity contribution in [3.8, 4) is 6.07 Å². The third kappa shape index (κ3) is 2.47. The van der Waals surface area contributed by atoms with Gasteiger partial charge in [-0.05, 0) is 13.5 Å². The number of hydrogen-bond acceptors (Lipinski definition) is 5. The van der Waals surface area contributed by atoms with Gasteiger partial charge >= 0.3 is 0 Å². The predicted octanol–water partition coefficient (Wildman–Crippen LogP) is 2.24. The fourth-order valence-electron chi connectivity index (χ4n) is 2.15. The summed E-state index contributed by atoms with van der Waals surface area (Å²) >= 11 is 7.69. The summed E-state index contributed by atoms with van der Waals surface area (Å²) in [5.74, 6) is 0. The van der Waals surface area contributed by atoms with Gasteiger partial charge < -0.3 is 5.11 Å². The normalized spacial score (nSPS) is 13.1. The van der Waals surface area contributed by atoms with Gasteiger partial charge in [-0.1, -0.05) is 18.5 Å². The van der Waals surface area contributed by atoms with Crippen LogP contribution < -0.4 is 0 Å². The molecule has 7 heteroatoms. The minimum absolute atomic E-state index is 0.00814. The van der Waals surface area contributed by atoms with Crippen molar-refractivity contribution < 1.29 is 5.11 Å². The number of hydrogen-bond donors (Lipinski definition) is 1. The van der Waals surface area contributed by atoms with E-state index in [0.29, 0.717) is 23.9 Å². The lowest BCUT2D eigenvalue weighted by atomic mass is 10.2. The van der Waals surface area contributed by atoms with E-state index in [1.807, 2.05) is 28.5 Å². The van der Waals surface area contributed by atoms with Gasteiger partial charge in [-0.3, -0.25) is 9.30 Å². The molecule has 0 spiro atoms. The van der Waals surface area contributed by atoms with Gasteiger partial charge in [-0.15, -0.1) is 11.3 Å². The molecule has 0 saturated carbocycles. The monoisotopic (exact) mass is 298 g/mol. The second kappa shape index (κ2) is 5.88. The Kier molecular flexibility index (Phi) is 4.42. The summed E-state index contributed by atoms with van der Waals surface area (Å²) in [4.78, 5) is 6.96. The van der Waals surface area contributed by atoms with Gasteiger partial charge in [0.15, 0.2) is 10.1 Å². The Hall–Kier alpha value is -1.13. The van der Waals surface area contributed by atoms with Crippen molar-refractivity contribution >= 4 is 27.9 Å². The van der Waals surface area contributed by atoms with Crippen LogP contribution in [0.15, 0.2) is 5.38 Å². The maximum Gasteiger partial charge on any atom is 0.195 e. The average Bonchev–Trinajstić information content (AvgIpc) is 2.90. The zero-order chi connectivity index (χ0) is 14.0. The lowest BCUT2D eigenvalue weighted by molar-refractivity contribution is 0.178. The lowest BCUT2D eigenvalue weighted by Gasteiger charge is -2.24. The lowest BCUT2D eigenvalue weighted by Crippen LogP contribution is -2.31. The number of imidazole rings is 1. The van der Waals surface area contributed by atoms with Crippen LogP contribution in [0.4, 0.5) is 0 Å². The Balaban J connectivity index is 2.54. The van der Waals surface area contributed by atoms with E-state index in [9.17, 15) is 5.26 Å². The van der Waals surface area contributed by atoms with Gasteiger partial charge in [0, 0.05) is 17.6 Å². The number of thiazole rings is 1. The highest BCUT2D eigenvalue weighted by molar-refractivity contribution is 7.15. The number of rotatable bonds is 5. The Morgan fingerprint density at radius 3 is 3.00 bits per heavy atom. The highest BCUT2D eigenvalue weighted by atomic mass is 35.5. The summed E-state index contributed by atoms with van der Waals surface area (Å²) < 4.78 is 1.92. The highest BCUT2D eigenvalue weighted by Crippen LogP contribution is 2.31. The number of nitrogens with zero attached hydrogens (tertiary/aromatic N) is 4. The van der Waals surface area contributed by atoms with Crippen molar-refractivity contribution in [3.05, 3.63) is 21.9 Å². The van der Waals surface area contributed by atoms with E-state index in [4.69, 9.17) is 16.7 Å². The molecule has 102 valence electrons. The SMILES string of the molecule is CCN(CCO)C(C#N)c1c(Cl)nc2scc(C)n12. The fourth-order valence-corrected chi connectivity index (χ4v) is 3.34. The first-order valence-electron chi connectivity index (χ1n) is 6.00. The Bertz CT molecular complexity index is 615. The number of nitriles is 1. The maximum atomic E-state index is 9.47. The fraction of sp³-hybridized carbons (Fsp3) is 0.500. The van der Waals surface area contributed by atoms with Gasteiger partial charge in [0.25, 0.3) is 0 Å². The number of aliphatic hydroxyl groups is 1. The summed E-state index contributed by atoms with van der Waals surface area (Å²) in [6, 6.07) is 1.76. The molecular formula is C12H15ClN4OS. The van der Waals surface area contributed by atoms with Crippen molar-refractivity contribution in [2.75, 3.05) is 19.7 Å². The smallest absolute Gasteiger partial charge is 0.195 e. The molecule has 0 aromatic carbocycles. The molecule has 2 aromatic rings. The van der Waals surface area contributed by atoms with Crippen LogP contribution in [0.3, 0.4) is 0 Å². The van der Waals surface area contributed by atoms with Crippen molar-refractivity contribution in [2.45, 2.75) is 19.9 Å².